The van der Waals surface area contributed by atoms with Gasteiger partial charge in [-0.3, -0.25) is 29.3 Å². The highest BCUT2D eigenvalue weighted by Gasteiger charge is 2.33. The predicted octanol–water partition coefficient (Wildman–Crippen LogP) is 6.82. The molecule has 0 unspecified atom stereocenters. The Morgan fingerprint density at radius 1 is 0.725 bits per heavy atom. The van der Waals surface area contributed by atoms with Crippen molar-refractivity contribution < 1.29 is 28.7 Å². The van der Waals surface area contributed by atoms with E-state index in [2.05, 4.69) is 0 Å². The summed E-state index contributed by atoms with van der Waals surface area (Å²) in [7, 11) is 3.06. The van der Waals surface area contributed by atoms with Crippen molar-refractivity contribution in [3.8, 4) is 5.75 Å². The Labute approximate surface area is 292 Å². The molecular formula is C41H32N4O6. The number of hydrogen-bond acceptors (Lipinski definition) is 8. The zero-order chi connectivity index (χ0) is 35.4. The van der Waals surface area contributed by atoms with Crippen LogP contribution in [0.1, 0.15) is 59.5 Å². The number of esters is 1. The van der Waals surface area contributed by atoms with Gasteiger partial charge in [-0.15, -0.1) is 0 Å². The molecule has 0 saturated carbocycles. The van der Waals surface area contributed by atoms with Gasteiger partial charge in [0.25, 0.3) is 17.7 Å². The number of amides is 3. The number of carbonyl (C=O) groups excluding carboxylic acids is 4. The summed E-state index contributed by atoms with van der Waals surface area (Å²) >= 11 is 0. The SMILES string of the molecule is CCOC(=O)c1cnc2c3ccc4c5c(cnc(c6ccc(C(=O)N(CCc7ccccc7)Cc7ccc(OC)cc7)c1c62)c53)C(=O)N(C)C4=O. The minimum absolute atomic E-state index is 0.136. The van der Waals surface area contributed by atoms with E-state index in [1.54, 1.807) is 37.1 Å². The average Bonchev–Trinajstić information content (AvgIpc) is 3.17. The van der Waals surface area contributed by atoms with E-state index in [0.29, 0.717) is 85.3 Å². The highest BCUT2D eigenvalue weighted by molar-refractivity contribution is 6.38. The predicted molar refractivity (Wildman–Crippen MR) is 194 cm³/mol. The lowest BCUT2D eigenvalue weighted by molar-refractivity contribution is 0.0527. The van der Waals surface area contributed by atoms with Crippen LogP contribution in [0, 0.1) is 0 Å². The standard InChI is InChI=1S/C41H32N4O6/c1-4-51-41(49)31-21-43-37-26-14-16-28-32-30(39(47)44(2)38(28)46)20-42-36(34(26)32)27-15-17-29(33(31)35(27)37)40(48)45(19-18-23-8-6-5-7-9-23)22-24-10-12-25(50-3)13-11-24/h5-17,20-21H,4,18-19,22H2,1-3H3. The smallest absolute Gasteiger partial charge is 0.340 e. The van der Waals surface area contributed by atoms with Crippen LogP contribution in [0.3, 0.4) is 0 Å². The van der Waals surface area contributed by atoms with Crippen LogP contribution in [0.4, 0.5) is 0 Å². The molecule has 1 aliphatic rings. The molecule has 3 heterocycles. The normalized spacial score (nSPS) is 12.7. The molecule has 0 fully saturated rings. The van der Waals surface area contributed by atoms with E-state index in [-0.39, 0.29) is 18.1 Å². The van der Waals surface area contributed by atoms with Gasteiger partial charge in [0.2, 0.25) is 0 Å². The van der Waals surface area contributed by atoms with Crippen LogP contribution in [0.15, 0.2) is 91.3 Å². The number of benzene rings is 5. The summed E-state index contributed by atoms with van der Waals surface area (Å²) in [5, 5.41) is 3.43. The van der Waals surface area contributed by atoms with Crippen LogP contribution in [-0.4, -0.2) is 70.8 Å². The summed E-state index contributed by atoms with van der Waals surface area (Å²) in [6, 6.07) is 24.6. The largest absolute Gasteiger partial charge is 0.497 e. The van der Waals surface area contributed by atoms with E-state index in [9.17, 15) is 19.2 Å². The van der Waals surface area contributed by atoms with Gasteiger partial charge in [-0.25, -0.2) is 4.79 Å². The Bertz CT molecular complexity index is 2480. The molecule has 0 N–H and O–H groups in total. The molecule has 2 aromatic heterocycles. The fourth-order valence-electron chi connectivity index (χ4n) is 7.19. The summed E-state index contributed by atoms with van der Waals surface area (Å²) < 4.78 is 10.8. The first-order valence-electron chi connectivity index (χ1n) is 16.7. The zero-order valence-electron chi connectivity index (χ0n) is 28.2. The number of methoxy groups -OCH3 is 1. The Morgan fingerprint density at radius 2 is 1.39 bits per heavy atom. The molecule has 10 heteroatoms. The fraction of sp³-hybridized carbons (Fsp3) is 0.171. The monoisotopic (exact) mass is 676 g/mol. The second kappa shape index (κ2) is 12.5. The Hall–Kier alpha value is -6.42. The highest BCUT2D eigenvalue weighted by atomic mass is 16.5. The quantitative estimate of drug-likeness (QED) is 0.0707. The first-order valence-corrected chi connectivity index (χ1v) is 16.7. The lowest BCUT2D eigenvalue weighted by Gasteiger charge is -2.26. The number of hydrogen-bond donors (Lipinski definition) is 0. The van der Waals surface area contributed by atoms with Gasteiger partial charge < -0.3 is 14.4 Å². The van der Waals surface area contributed by atoms with Gasteiger partial charge in [-0.05, 0) is 48.7 Å². The molecule has 8 rings (SSSR count). The van der Waals surface area contributed by atoms with E-state index < -0.39 is 17.8 Å². The molecule has 252 valence electrons. The minimum atomic E-state index is -0.600. The third-order valence-electron chi connectivity index (χ3n) is 9.71. The number of rotatable bonds is 9. The van der Waals surface area contributed by atoms with E-state index in [0.717, 1.165) is 16.0 Å². The first kappa shape index (κ1) is 31.8. The zero-order valence-corrected chi connectivity index (χ0v) is 28.2. The molecule has 0 spiro atoms. The highest BCUT2D eigenvalue weighted by Crippen LogP contribution is 2.43. The van der Waals surface area contributed by atoms with Crippen molar-refractivity contribution >= 4 is 67.0 Å². The first-order chi connectivity index (χ1) is 24.8. The van der Waals surface area contributed by atoms with Crippen molar-refractivity contribution in [1.29, 1.82) is 0 Å². The van der Waals surface area contributed by atoms with Gasteiger partial charge in [0.15, 0.2) is 0 Å². The third-order valence-corrected chi connectivity index (χ3v) is 9.71. The van der Waals surface area contributed by atoms with Crippen molar-refractivity contribution in [3.63, 3.8) is 0 Å². The van der Waals surface area contributed by atoms with E-state index in [1.165, 1.54) is 19.4 Å². The number of ether oxygens (including phenoxy) is 2. The van der Waals surface area contributed by atoms with E-state index >= 15 is 0 Å². The molecule has 7 aromatic rings. The molecule has 5 aromatic carbocycles. The molecule has 0 bridgehead atoms. The molecule has 0 atom stereocenters. The van der Waals surface area contributed by atoms with Gasteiger partial charge in [0.1, 0.15) is 5.75 Å². The van der Waals surface area contributed by atoms with Crippen LogP contribution in [0.2, 0.25) is 0 Å². The lowest BCUT2D eigenvalue weighted by Crippen LogP contribution is -2.37. The Morgan fingerprint density at radius 3 is 2.10 bits per heavy atom. The van der Waals surface area contributed by atoms with Crippen LogP contribution in [0.5, 0.6) is 5.75 Å². The number of fused-ring (bicyclic) bond motifs is 2. The second-order valence-corrected chi connectivity index (χ2v) is 12.6. The topological polar surface area (TPSA) is 119 Å². The Kier molecular flexibility index (Phi) is 7.79. The lowest BCUT2D eigenvalue weighted by atomic mass is 9.87. The fourth-order valence-corrected chi connectivity index (χ4v) is 7.19. The summed E-state index contributed by atoms with van der Waals surface area (Å²) in [4.78, 5) is 67.3. The van der Waals surface area contributed by atoms with E-state index in [1.807, 2.05) is 60.7 Å². The van der Waals surface area contributed by atoms with Crippen molar-refractivity contribution in [3.05, 3.63) is 125 Å². The molecule has 1 aliphatic heterocycles. The summed E-state index contributed by atoms with van der Waals surface area (Å²) in [5.74, 6) is -0.980. The number of carbonyl (C=O) groups is 4. The minimum Gasteiger partial charge on any atom is -0.497 e. The number of imide groups is 1. The maximum absolute atomic E-state index is 14.9. The van der Waals surface area contributed by atoms with Gasteiger partial charge in [-0.2, -0.15) is 0 Å². The second-order valence-electron chi connectivity index (χ2n) is 12.6. The summed E-state index contributed by atoms with van der Waals surface area (Å²) in [6.07, 6.45) is 3.56. The van der Waals surface area contributed by atoms with Gasteiger partial charge >= 0.3 is 5.97 Å². The maximum atomic E-state index is 14.9. The Balaban J connectivity index is 1.36. The molecule has 0 aliphatic carbocycles. The van der Waals surface area contributed by atoms with Gasteiger partial charge in [-0.1, -0.05) is 54.6 Å². The number of aromatic nitrogens is 2. The summed E-state index contributed by atoms with van der Waals surface area (Å²) in [5.41, 5.74) is 4.27. The molecule has 0 saturated heterocycles. The van der Waals surface area contributed by atoms with Gasteiger partial charge in [0, 0.05) is 76.0 Å². The van der Waals surface area contributed by atoms with Crippen LogP contribution in [-0.2, 0) is 17.7 Å². The van der Waals surface area contributed by atoms with Crippen LogP contribution >= 0.6 is 0 Å². The molecule has 10 nitrogen and oxygen atoms in total. The maximum Gasteiger partial charge on any atom is 0.340 e. The molecule has 0 radical (unpaired) electrons. The third kappa shape index (κ3) is 5.10. The van der Waals surface area contributed by atoms with E-state index in [4.69, 9.17) is 19.4 Å². The summed E-state index contributed by atoms with van der Waals surface area (Å²) in [6.45, 7) is 2.59. The molecule has 3 amide bonds. The average molecular weight is 677 g/mol. The van der Waals surface area contributed by atoms with Gasteiger partial charge in [0.05, 0.1) is 35.9 Å². The number of nitrogens with zero attached hydrogens (tertiary/aromatic N) is 4. The molecular weight excluding hydrogens is 644 g/mol. The van der Waals surface area contributed by atoms with Crippen molar-refractivity contribution in [1.82, 2.24) is 19.8 Å². The van der Waals surface area contributed by atoms with Crippen molar-refractivity contribution in [2.75, 3.05) is 27.3 Å². The number of pyridine rings is 2. The van der Waals surface area contributed by atoms with Crippen molar-refractivity contribution in [2.24, 2.45) is 0 Å². The van der Waals surface area contributed by atoms with Crippen LogP contribution in [0.25, 0.3) is 43.4 Å². The van der Waals surface area contributed by atoms with Crippen molar-refractivity contribution in [2.45, 2.75) is 19.9 Å². The molecule has 51 heavy (non-hydrogen) atoms. The van der Waals surface area contributed by atoms with Crippen LogP contribution < -0.4 is 4.74 Å².